The monoisotopic (exact) mass is 368 g/mol. The molecule has 2 rings (SSSR count). The van der Waals surface area contributed by atoms with E-state index in [9.17, 15) is 14.4 Å². The van der Waals surface area contributed by atoms with Gasteiger partial charge in [-0.25, -0.2) is 0 Å². The molecule has 0 spiro atoms. The Kier molecular flexibility index (Phi) is 6.65. The Morgan fingerprint density at radius 2 is 1.63 bits per heavy atom. The first-order chi connectivity index (χ1) is 12.8. The summed E-state index contributed by atoms with van der Waals surface area (Å²) in [6.07, 6.45) is 2.31. The van der Waals surface area contributed by atoms with Crippen LogP contribution in [0.3, 0.4) is 0 Å². The molecule has 0 bridgehead atoms. The molecule has 1 heterocycles. The molecule has 1 aromatic heterocycles. The van der Waals surface area contributed by atoms with E-state index in [0.29, 0.717) is 17.7 Å². The first kappa shape index (κ1) is 20.1. The molecule has 7 nitrogen and oxygen atoms in total. The molecule has 0 radical (unpaired) electrons. The zero-order valence-electron chi connectivity index (χ0n) is 15.7. The maximum absolute atomic E-state index is 12.4. The second-order valence-corrected chi connectivity index (χ2v) is 6.39. The number of aldehydes is 1. The largest absolute Gasteiger partial charge is 0.373 e. The maximum atomic E-state index is 12.4. The van der Waals surface area contributed by atoms with Crippen molar-refractivity contribution in [2.45, 2.75) is 38.9 Å². The van der Waals surface area contributed by atoms with E-state index in [-0.39, 0.29) is 5.91 Å². The number of hydrogen-bond acceptors (Lipinski definition) is 5. The van der Waals surface area contributed by atoms with Crippen LogP contribution in [0.2, 0.25) is 0 Å². The molecular weight excluding hydrogens is 344 g/mol. The molecule has 2 amide bonds. The molecule has 27 heavy (non-hydrogen) atoms. The summed E-state index contributed by atoms with van der Waals surface area (Å²) in [7, 11) is 0. The molecule has 3 atom stereocenters. The van der Waals surface area contributed by atoms with Crippen LogP contribution < -0.4 is 16.0 Å². The molecule has 0 fully saturated rings. The highest BCUT2D eigenvalue weighted by molar-refractivity contribution is 5.93. The summed E-state index contributed by atoms with van der Waals surface area (Å²) >= 11 is 0. The lowest BCUT2D eigenvalue weighted by Crippen LogP contribution is -2.51. The summed E-state index contributed by atoms with van der Waals surface area (Å²) in [6.45, 7) is 8.78. The average molecular weight is 368 g/mol. The van der Waals surface area contributed by atoms with Gasteiger partial charge in [0.15, 0.2) is 0 Å². The second kappa shape index (κ2) is 8.93. The number of pyridine rings is 1. The highest BCUT2D eigenvalue weighted by Crippen LogP contribution is 2.20. The van der Waals surface area contributed by atoms with Gasteiger partial charge in [0, 0.05) is 11.6 Å². The first-order valence-electron chi connectivity index (χ1n) is 8.69. The van der Waals surface area contributed by atoms with Crippen molar-refractivity contribution in [3.05, 3.63) is 48.8 Å². The van der Waals surface area contributed by atoms with Crippen LogP contribution in [0.15, 0.2) is 43.1 Å². The third-order valence-electron chi connectivity index (χ3n) is 4.07. The lowest BCUT2D eigenvalue weighted by molar-refractivity contribution is -0.130. The number of aromatic nitrogens is 1. The van der Waals surface area contributed by atoms with Gasteiger partial charge in [-0.1, -0.05) is 30.8 Å². The number of carbonyl (C=O) groups excluding carboxylic acids is 3. The Bertz CT molecular complexity index is 860. The van der Waals surface area contributed by atoms with Crippen molar-refractivity contribution >= 4 is 34.6 Å². The van der Waals surface area contributed by atoms with E-state index >= 15 is 0 Å². The smallest absolute Gasteiger partial charge is 0.242 e. The third kappa shape index (κ3) is 5.13. The van der Waals surface area contributed by atoms with Crippen molar-refractivity contribution in [1.82, 2.24) is 20.9 Å². The zero-order valence-corrected chi connectivity index (χ0v) is 15.7. The van der Waals surface area contributed by atoms with Gasteiger partial charge in [-0.05, 0) is 32.2 Å². The molecule has 0 aliphatic rings. The number of benzene rings is 1. The Morgan fingerprint density at radius 1 is 1.00 bits per heavy atom. The SMILES string of the molecule is C=C(N[C@@H](C)C(=O)N[C@@H](C)C(=O)N[C@@H](C)C=O)c1nccc2ccccc12. The number of hydrogen-bond donors (Lipinski definition) is 3. The number of fused-ring (bicyclic) bond motifs is 1. The molecular formula is C20H24N4O3. The first-order valence-corrected chi connectivity index (χ1v) is 8.69. The minimum atomic E-state index is -0.770. The molecule has 1 aromatic carbocycles. The van der Waals surface area contributed by atoms with Gasteiger partial charge in [0.25, 0.3) is 0 Å². The quantitative estimate of drug-likeness (QED) is 0.612. The van der Waals surface area contributed by atoms with Crippen LogP contribution in [0.4, 0.5) is 0 Å². The van der Waals surface area contributed by atoms with Crippen LogP contribution in [0.5, 0.6) is 0 Å². The predicted molar refractivity (Wildman–Crippen MR) is 105 cm³/mol. The van der Waals surface area contributed by atoms with Crippen molar-refractivity contribution in [3.8, 4) is 0 Å². The van der Waals surface area contributed by atoms with Crippen LogP contribution in [0.25, 0.3) is 16.5 Å². The van der Waals surface area contributed by atoms with Gasteiger partial charge < -0.3 is 20.7 Å². The van der Waals surface area contributed by atoms with E-state index < -0.39 is 24.0 Å². The van der Waals surface area contributed by atoms with Gasteiger partial charge in [0.2, 0.25) is 11.8 Å². The number of nitrogens with zero attached hydrogens (tertiary/aromatic N) is 1. The fourth-order valence-electron chi connectivity index (χ4n) is 2.54. The Morgan fingerprint density at radius 3 is 2.33 bits per heavy atom. The van der Waals surface area contributed by atoms with Crippen molar-refractivity contribution < 1.29 is 14.4 Å². The van der Waals surface area contributed by atoms with Crippen molar-refractivity contribution in [1.29, 1.82) is 0 Å². The van der Waals surface area contributed by atoms with Crippen LogP contribution in [-0.2, 0) is 14.4 Å². The van der Waals surface area contributed by atoms with Crippen molar-refractivity contribution in [2.24, 2.45) is 0 Å². The number of nitrogens with one attached hydrogen (secondary N) is 3. The summed E-state index contributed by atoms with van der Waals surface area (Å²) in [6, 6.07) is 7.67. The molecule has 2 aromatic rings. The Hall–Kier alpha value is -3.22. The summed E-state index contributed by atoms with van der Waals surface area (Å²) < 4.78 is 0. The van der Waals surface area contributed by atoms with Gasteiger partial charge in [-0.3, -0.25) is 14.6 Å². The molecule has 0 unspecified atom stereocenters. The third-order valence-corrected chi connectivity index (χ3v) is 4.07. The van der Waals surface area contributed by atoms with E-state index in [4.69, 9.17) is 0 Å². The van der Waals surface area contributed by atoms with Crippen LogP contribution in [-0.4, -0.2) is 41.2 Å². The fourth-order valence-corrected chi connectivity index (χ4v) is 2.54. The molecule has 0 saturated carbocycles. The van der Waals surface area contributed by atoms with Gasteiger partial charge in [-0.15, -0.1) is 0 Å². The predicted octanol–water partition coefficient (Wildman–Crippen LogP) is 1.39. The van der Waals surface area contributed by atoms with Gasteiger partial charge in [0.1, 0.15) is 18.4 Å². The van der Waals surface area contributed by atoms with Crippen molar-refractivity contribution in [3.63, 3.8) is 0 Å². The molecule has 142 valence electrons. The lowest BCUT2D eigenvalue weighted by atomic mass is 10.1. The van der Waals surface area contributed by atoms with Crippen molar-refractivity contribution in [2.75, 3.05) is 0 Å². The van der Waals surface area contributed by atoms with Crippen LogP contribution in [0.1, 0.15) is 26.5 Å². The summed E-state index contributed by atoms with van der Waals surface area (Å²) in [5.74, 6) is -0.789. The summed E-state index contributed by atoms with van der Waals surface area (Å²) in [4.78, 5) is 39.3. The number of amides is 2. The minimum Gasteiger partial charge on any atom is -0.373 e. The van der Waals surface area contributed by atoms with E-state index in [1.54, 1.807) is 27.0 Å². The number of carbonyl (C=O) groups is 3. The summed E-state index contributed by atoms with van der Waals surface area (Å²) in [5.41, 5.74) is 1.18. The van der Waals surface area contributed by atoms with Gasteiger partial charge in [-0.2, -0.15) is 0 Å². The highest BCUT2D eigenvalue weighted by atomic mass is 16.2. The maximum Gasteiger partial charge on any atom is 0.242 e. The standard InChI is InChI=1S/C20H24N4O3/c1-12(11-25)22-19(26)15(4)24-20(27)14(3)23-13(2)18-17-8-6-5-7-16(17)9-10-21-18/h5-12,14-15,23H,2H2,1,3-4H3,(H,22,26)(H,24,27)/t12-,14-,15-/m0/s1. The Balaban J connectivity index is 2.00. The van der Waals surface area contributed by atoms with Crippen LogP contribution >= 0.6 is 0 Å². The van der Waals surface area contributed by atoms with E-state index in [2.05, 4.69) is 27.5 Å². The molecule has 3 N–H and O–H groups in total. The van der Waals surface area contributed by atoms with Gasteiger partial charge >= 0.3 is 0 Å². The molecule has 0 saturated heterocycles. The second-order valence-electron chi connectivity index (χ2n) is 6.39. The fraction of sp³-hybridized carbons (Fsp3) is 0.300. The van der Waals surface area contributed by atoms with E-state index in [1.165, 1.54) is 0 Å². The van der Waals surface area contributed by atoms with Crippen LogP contribution in [0, 0.1) is 0 Å². The topological polar surface area (TPSA) is 100 Å². The molecule has 0 aliphatic carbocycles. The lowest BCUT2D eigenvalue weighted by Gasteiger charge is -2.20. The average Bonchev–Trinajstić information content (AvgIpc) is 2.66. The number of rotatable bonds is 8. The zero-order chi connectivity index (χ0) is 20.0. The van der Waals surface area contributed by atoms with E-state index in [1.807, 2.05) is 30.3 Å². The Labute approximate surface area is 158 Å². The normalized spacial score (nSPS) is 13.9. The highest BCUT2D eigenvalue weighted by Gasteiger charge is 2.21. The minimum absolute atomic E-state index is 0.363. The molecule has 7 heteroatoms. The van der Waals surface area contributed by atoms with Gasteiger partial charge in [0.05, 0.1) is 17.4 Å². The molecule has 0 aliphatic heterocycles. The summed E-state index contributed by atoms with van der Waals surface area (Å²) in [5, 5.41) is 10.1. The van der Waals surface area contributed by atoms with E-state index in [0.717, 1.165) is 10.8 Å².